The van der Waals surface area contributed by atoms with Crippen LogP contribution in [-0.2, 0) is 6.54 Å². The smallest absolute Gasteiger partial charge is 0.0946 e. The maximum Gasteiger partial charge on any atom is 0.0946 e. The van der Waals surface area contributed by atoms with Gasteiger partial charge in [-0.1, -0.05) is 30.3 Å². The molecule has 0 radical (unpaired) electrons. The van der Waals surface area contributed by atoms with Gasteiger partial charge in [-0.2, -0.15) is 0 Å². The Hall–Kier alpha value is -1.61. The molecule has 1 saturated heterocycles. The second-order valence-electron chi connectivity index (χ2n) is 5.50. The zero-order valence-electron chi connectivity index (χ0n) is 11.4. The molecule has 100 valence electrons. The highest BCUT2D eigenvalue weighted by Crippen LogP contribution is 2.27. The van der Waals surface area contributed by atoms with Crippen molar-refractivity contribution >= 4 is 0 Å². The van der Waals surface area contributed by atoms with Crippen LogP contribution in [0.15, 0.2) is 49.1 Å². The first-order chi connectivity index (χ1) is 9.33. The standard InChI is InChI=1S/C16H21N3/c1-14(16-5-3-2-4-6-16)19-9-7-15(12-19)11-18-10-8-17-13-18/h2-6,8,10,13-15H,7,9,11-12H2,1H3/t14-,15?/m1/s1. The van der Waals surface area contributed by atoms with Gasteiger partial charge in [-0.15, -0.1) is 0 Å². The van der Waals surface area contributed by atoms with Gasteiger partial charge in [0.25, 0.3) is 0 Å². The zero-order chi connectivity index (χ0) is 13.1. The summed E-state index contributed by atoms with van der Waals surface area (Å²) in [6.45, 7) is 5.80. The van der Waals surface area contributed by atoms with E-state index in [-0.39, 0.29) is 0 Å². The first kappa shape index (κ1) is 12.4. The van der Waals surface area contributed by atoms with E-state index >= 15 is 0 Å². The zero-order valence-corrected chi connectivity index (χ0v) is 11.4. The van der Waals surface area contributed by atoms with Crippen LogP contribution in [0.2, 0.25) is 0 Å². The summed E-state index contributed by atoms with van der Waals surface area (Å²) < 4.78 is 2.20. The molecule has 2 aromatic rings. The lowest BCUT2D eigenvalue weighted by atomic mass is 10.1. The van der Waals surface area contributed by atoms with E-state index in [4.69, 9.17) is 0 Å². The van der Waals surface area contributed by atoms with Gasteiger partial charge in [0, 0.05) is 31.5 Å². The predicted molar refractivity (Wildman–Crippen MR) is 76.8 cm³/mol. The molecule has 0 bridgehead atoms. The maximum absolute atomic E-state index is 4.12. The van der Waals surface area contributed by atoms with Crippen LogP contribution in [0.3, 0.4) is 0 Å². The lowest BCUT2D eigenvalue weighted by Gasteiger charge is -2.24. The van der Waals surface area contributed by atoms with Crippen LogP contribution < -0.4 is 0 Å². The van der Waals surface area contributed by atoms with E-state index in [2.05, 4.69) is 57.9 Å². The van der Waals surface area contributed by atoms with Gasteiger partial charge in [0.1, 0.15) is 0 Å². The van der Waals surface area contributed by atoms with Crippen LogP contribution >= 0.6 is 0 Å². The number of aromatic nitrogens is 2. The van der Waals surface area contributed by atoms with Crippen molar-refractivity contribution in [3.63, 3.8) is 0 Å². The molecule has 0 amide bonds. The molecule has 1 aliphatic rings. The van der Waals surface area contributed by atoms with Crippen LogP contribution in [-0.4, -0.2) is 27.5 Å². The molecule has 0 saturated carbocycles. The Bertz CT molecular complexity index is 492. The van der Waals surface area contributed by atoms with Crippen molar-refractivity contribution in [1.82, 2.24) is 14.5 Å². The summed E-state index contributed by atoms with van der Waals surface area (Å²) in [6, 6.07) is 11.3. The molecule has 3 rings (SSSR count). The van der Waals surface area contributed by atoms with Crippen LogP contribution in [0.5, 0.6) is 0 Å². The van der Waals surface area contributed by atoms with E-state index in [0.717, 1.165) is 12.5 Å². The van der Waals surface area contributed by atoms with E-state index < -0.39 is 0 Å². The molecule has 3 nitrogen and oxygen atoms in total. The highest BCUT2D eigenvalue weighted by molar-refractivity contribution is 5.18. The third kappa shape index (κ3) is 2.87. The number of nitrogens with zero attached hydrogens (tertiary/aromatic N) is 3. The molecule has 1 unspecified atom stereocenters. The van der Waals surface area contributed by atoms with E-state index in [0.29, 0.717) is 6.04 Å². The Balaban J connectivity index is 1.59. The number of imidazole rings is 1. The Labute approximate surface area is 114 Å². The van der Waals surface area contributed by atoms with E-state index in [1.54, 1.807) is 0 Å². The molecule has 3 heteroatoms. The van der Waals surface area contributed by atoms with Gasteiger partial charge in [0.2, 0.25) is 0 Å². The van der Waals surface area contributed by atoms with E-state index in [9.17, 15) is 0 Å². The topological polar surface area (TPSA) is 21.1 Å². The number of rotatable bonds is 4. The third-order valence-corrected chi connectivity index (χ3v) is 4.18. The summed E-state index contributed by atoms with van der Waals surface area (Å²) in [4.78, 5) is 6.71. The minimum absolute atomic E-state index is 0.522. The van der Waals surface area contributed by atoms with Gasteiger partial charge in [-0.05, 0) is 31.4 Å². The largest absolute Gasteiger partial charge is 0.337 e. The number of likely N-dealkylation sites (tertiary alicyclic amines) is 1. The molecule has 2 atom stereocenters. The molecule has 1 aromatic carbocycles. The number of hydrogen-bond donors (Lipinski definition) is 0. The summed E-state index contributed by atoms with van der Waals surface area (Å²) in [5.41, 5.74) is 1.42. The van der Waals surface area contributed by atoms with Crippen LogP contribution in [0.25, 0.3) is 0 Å². The molecular formula is C16H21N3. The minimum Gasteiger partial charge on any atom is -0.337 e. The van der Waals surface area contributed by atoms with Gasteiger partial charge in [0.05, 0.1) is 6.33 Å². The van der Waals surface area contributed by atoms with Crippen LogP contribution in [0, 0.1) is 5.92 Å². The summed E-state index contributed by atoms with van der Waals surface area (Å²) in [6.07, 6.45) is 7.13. The first-order valence-electron chi connectivity index (χ1n) is 7.07. The average molecular weight is 255 g/mol. The highest BCUT2D eigenvalue weighted by Gasteiger charge is 2.26. The van der Waals surface area contributed by atoms with E-state index in [1.165, 1.54) is 25.1 Å². The summed E-state index contributed by atoms with van der Waals surface area (Å²) >= 11 is 0. The summed E-state index contributed by atoms with van der Waals surface area (Å²) in [7, 11) is 0. The first-order valence-corrected chi connectivity index (χ1v) is 7.07. The van der Waals surface area contributed by atoms with Crippen molar-refractivity contribution in [3.05, 3.63) is 54.6 Å². The molecule has 0 aliphatic carbocycles. The Kier molecular flexibility index (Phi) is 3.65. The SMILES string of the molecule is C[C@H](c1ccccc1)N1CCC(Cn2ccnc2)C1. The number of benzene rings is 1. The van der Waals surface area contributed by atoms with Crippen molar-refractivity contribution < 1.29 is 0 Å². The fourth-order valence-electron chi connectivity index (χ4n) is 3.00. The van der Waals surface area contributed by atoms with Crippen molar-refractivity contribution in [3.8, 4) is 0 Å². The second kappa shape index (κ2) is 5.57. The second-order valence-corrected chi connectivity index (χ2v) is 5.50. The Morgan fingerprint density at radius 1 is 1.32 bits per heavy atom. The predicted octanol–water partition coefficient (Wildman–Crippen LogP) is 2.97. The Morgan fingerprint density at radius 2 is 2.16 bits per heavy atom. The molecular weight excluding hydrogens is 234 g/mol. The van der Waals surface area contributed by atoms with Crippen molar-refractivity contribution in [2.24, 2.45) is 5.92 Å². The maximum atomic E-state index is 4.12. The molecule has 0 spiro atoms. The number of hydrogen-bond acceptors (Lipinski definition) is 2. The van der Waals surface area contributed by atoms with Crippen molar-refractivity contribution in [2.45, 2.75) is 25.9 Å². The monoisotopic (exact) mass is 255 g/mol. The van der Waals surface area contributed by atoms with Gasteiger partial charge >= 0.3 is 0 Å². The molecule has 0 N–H and O–H groups in total. The van der Waals surface area contributed by atoms with Crippen molar-refractivity contribution in [1.29, 1.82) is 0 Å². The fourth-order valence-corrected chi connectivity index (χ4v) is 3.00. The molecule has 1 aliphatic heterocycles. The van der Waals surface area contributed by atoms with Gasteiger partial charge in [-0.3, -0.25) is 4.90 Å². The van der Waals surface area contributed by atoms with Crippen LogP contribution in [0.4, 0.5) is 0 Å². The summed E-state index contributed by atoms with van der Waals surface area (Å²) in [5, 5.41) is 0. The fraction of sp³-hybridized carbons (Fsp3) is 0.438. The molecule has 1 aromatic heterocycles. The minimum atomic E-state index is 0.522. The normalized spacial score (nSPS) is 21.6. The molecule has 19 heavy (non-hydrogen) atoms. The molecule has 2 heterocycles. The van der Waals surface area contributed by atoms with Gasteiger partial charge < -0.3 is 4.57 Å². The molecule has 1 fully saturated rings. The van der Waals surface area contributed by atoms with Gasteiger partial charge in [-0.25, -0.2) is 4.98 Å². The van der Waals surface area contributed by atoms with Crippen molar-refractivity contribution in [2.75, 3.05) is 13.1 Å². The third-order valence-electron chi connectivity index (χ3n) is 4.18. The van der Waals surface area contributed by atoms with Crippen LogP contribution in [0.1, 0.15) is 24.9 Å². The summed E-state index contributed by atoms with van der Waals surface area (Å²) in [5.74, 6) is 0.750. The average Bonchev–Trinajstić information content (AvgIpc) is 3.11. The highest BCUT2D eigenvalue weighted by atomic mass is 15.2. The van der Waals surface area contributed by atoms with Gasteiger partial charge in [0.15, 0.2) is 0 Å². The van der Waals surface area contributed by atoms with E-state index in [1.807, 2.05) is 12.5 Å². The Morgan fingerprint density at radius 3 is 2.89 bits per heavy atom. The lowest BCUT2D eigenvalue weighted by molar-refractivity contribution is 0.248. The lowest BCUT2D eigenvalue weighted by Crippen LogP contribution is -2.25. The quantitative estimate of drug-likeness (QED) is 0.837.